The maximum atomic E-state index is 12.2. The van der Waals surface area contributed by atoms with E-state index in [0.717, 1.165) is 19.2 Å². The average molecular weight is 306 g/mol. The van der Waals surface area contributed by atoms with E-state index < -0.39 is 34.4 Å². The van der Waals surface area contributed by atoms with E-state index >= 15 is 0 Å². The number of halogens is 3. The molecule has 0 saturated heterocycles. The van der Waals surface area contributed by atoms with Gasteiger partial charge in [0.25, 0.3) is 5.69 Å². The van der Waals surface area contributed by atoms with Crippen molar-refractivity contribution in [2.24, 2.45) is 0 Å². The number of carbonyl (C=O) groups is 2. The second-order valence-electron chi connectivity index (χ2n) is 3.88. The lowest BCUT2D eigenvalue weighted by Gasteiger charge is -2.11. The van der Waals surface area contributed by atoms with Crippen LogP contribution < -0.4 is 5.32 Å². The first kappa shape index (κ1) is 16.4. The molecule has 0 saturated carbocycles. The minimum atomic E-state index is -5.22. The van der Waals surface area contributed by atoms with Crippen LogP contribution in [0.4, 0.5) is 24.5 Å². The number of benzene rings is 1. The molecule has 21 heavy (non-hydrogen) atoms. The van der Waals surface area contributed by atoms with Crippen molar-refractivity contribution in [1.82, 2.24) is 0 Å². The molecule has 1 aromatic carbocycles. The molecule has 10 heteroatoms. The largest absolute Gasteiger partial charge is 0.471 e. The fourth-order valence-corrected chi connectivity index (χ4v) is 1.47. The Morgan fingerprint density at radius 3 is 2.33 bits per heavy atom. The third-order valence-electron chi connectivity index (χ3n) is 2.45. The zero-order valence-corrected chi connectivity index (χ0v) is 10.8. The van der Waals surface area contributed by atoms with Crippen LogP contribution in [-0.4, -0.2) is 30.1 Å². The van der Waals surface area contributed by atoms with Gasteiger partial charge in [-0.05, 0) is 18.6 Å². The minimum absolute atomic E-state index is 0.124. The molecule has 7 nitrogen and oxygen atoms in total. The molecule has 0 aliphatic rings. The number of nitrogens with one attached hydrogen (secondary N) is 1. The zero-order valence-electron chi connectivity index (χ0n) is 10.8. The predicted octanol–water partition coefficient (Wildman–Crippen LogP) is 2.19. The second-order valence-corrected chi connectivity index (χ2v) is 3.88. The van der Waals surface area contributed by atoms with Crippen molar-refractivity contribution >= 4 is 23.3 Å². The molecule has 0 aliphatic heterocycles. The molecule has 1 amide bonds. The smallest absolute Gasteiger partial charge is 0.465 e. The summed E-state index contributed by atoms with van der Waals surface area (Å²) in [5, 5.41) is 12.2. The van der Waals surface area contributed by atoms with Crippen molar-refractivity contribution in [1.29, 1.82) is 0 Å². The number of ether oxygens (including phenoxy) is 1. The van der Waals surface area contributed by atoms with Gasteiger partial charge in [-0.1, -0.05) is 0 Å². The van der Waals surface area contributed by atoms with Gasteiger partial charge in [-0.25, -0.2) is 4.79 Å². The Kier molecular flexibility index (Phi) is 4.51. The van der Waals surface area contributed by atoms with Crippen LogP contribution >= 0.6 is 0 Å². The van der Waals surface area contributed by atoms with Crippen molar-refractivity contribution in [2.45, 2.75) is 13.1 Å². The summed E-state index contributed by atoms with van der Waals surface area (Å²) in [7, 11) is 1.04. The lowest BCUT2D eigenvalue weighted by molar-refractivity contribution is -0.384. The third kappa shape index (κ3) is 3.68. The fraction of sp³-hybridized carbons (Fsp3) is 0.273. The molecular weight excluding hydrogens is 297 g/mol. The Bertz CT molecular complexity index is 613. The van der Waals surface area contributed by atoms with E-state index in [1.165, 1.54) is 12.2 Å². The number of aryl methyl sites for hydroxylation is 1. The average Bonchev–Trinajstić information content (AvgIpc) is 2.37. The molecule has 1 rings (SSSR count). The van der Waals surface area contributed by atoms with Crippen molar-refractivity contribution in [3.63, 3.8) is 0 Å². The Morgan fingerprint density at radius 1 is 1.33 bits per heavy atom. The minimum Gasteiger partial charge on any atom is -0.465 e. The van der Waals surface area contributed by atoms with E-state index in [0.29, 0.717) is 0 Å². The van der Waals surface area contributed by atoms with Crippen molar-refractivity contribution in [3.8, 4) is 0 Å². The lowest BCUT2D eigenvalue weighted by atomic mass is 10.1. The number of nitro benzene ring substituents is 1. The van der Waals surface area contributed by atoms with Crippen LogP contribution in [0.25, 0.3) is 0 Å². The topological polar surface area (TPSA) is 98.5 Å². The highest BCUT2D eigenvalue weighted by molar-refractivity contribution is 5.99. The normalized spacial score (nSPS) is 10.9. The summed E-state index contributed by atoms with van der Waals surface area (Å²) in [6.07, 6.45) is -5.22. The number of rotatable bonds is 3. The number of amides is 1. The summed E-state index contributed by atoms with van der Waals surface area (Å²) < 4.78 is 41.0. The Balaban J connectivity index is 3.36. The van der Waals surface area contributed by atoms with Gasteiger partial charge in [-0.15, -0.1) is 0 Å². The lowest BCUT2D eigenvalue weighted by Crippen LogP contribution is -2.30. The molecular formula is C11H9F3N2O5. The molecule has 0 unspecified atom stereocenters. The number of nitrogens with zero attached hydrogens (tertiary/aromatic N) is 1. The van der Waals surface area contributed by atoms with E-state index in [-0.39, 0.29) is 11.1 Å². The summed E-state index contributed by atoms with van der Waals surface area (Å²) >= 11 is 0. The van der Waals surface area contributed by atoms with Gasteiger partial charge in [-0.3, -0.25) is 14.9 Å². The summed E-state index contributed by atoms with van der Waals surface area (Å²) in [4.78, 5) is 32.1. The summed E-state index contributed by atoms with van der Waals surface area (Å²) in [6, 6.07) is 1.64. The molecule has 1 aromatic rings. The SMILES string of the molecule is COC(=O)c1cc(NC(=O)C(F)(F)F)c([N+](=O)[O-])cc1C. The van der Waals surface area contributed by atoms with Gasteiger partial charge >= 0.3 is 18.1 Å². The standard InChI is InChI=1S/C11H9F3N2O5/c1-5-3-8(16(19)20)7(4-6(5)9(17)21-2)15-10(18)11(12,13)14/h3-4H,1-2H3,(H,15,18). The van der Waals surface area contributed by atoms with Crippen molar-refractivity contribution in [3.05, 3.63) is 33.4 Å². The molecule has 0 fully saturated rings. The number of carbonyl (C=O) groups excluding carboxylic acids is 2. The molecule has 0 radical (unpaired) electrons. The Hall–Kier alpha value is -2.65. The van der Waals surface area contributed by atoms with Gasteiger partial charge in [-0.2, -0.15) is 13.2 Å². The van der Waals surface area contributed by atoms with Gasteiger partial charge in [0.05, 0.1) is 17.6 Å². The number of methoxy groups -OCH3 is 1. The predicted molar refractivity (Wildman–Crippen MR) is 63.9 cm³/mol. The van der Waals surface area contributed by atoms with Crippen LogP contribution in [0.5, 0.6) is 0 Å². The number of hydrogen-bond acceptors (Lipinski definition) is 5. The highest BCUT2D eigenvalue weighted by Crippen LogP contribution is 2.30. The quantitative estimate of drug-likeness (QED) is 0.524. The monoisotopic (exact) mass is 306 g/mol. The van der Waals surface area contributed by atoms with E-state index in [1.54, 1.807) is 0 Å². The van der Waals surface area contributed by atoms with Crippen LogP contribution in [0.2, 0.25) is 0 Å². The first-order valence-electron chi connectivity index (χ1n) is 5.33. The Morgan fingerprint density at radius 2 is 1.90 bits per heavy atom. The maximum absolute atomic E-state index is 12.2. The zero-order chi connectivity index (χ0) is 16.4. The van der Waals surface area contributed by atoms with E-state index in [4.69, 9.17) is 0 Å². The number of hydrogen-bond donors (Lipinski definition) is 1. The van der Waals surface area contributed by atoms with Crippen LogP contribution in [0.15, 0.2) is 12.1 Å². The first-order valence-corrected chi connectivity index (χ1v) is 5.33. The molecule has 114 valence electrons. The summed E-state index contributed by atoms with van der Waals surface area (Å²) in [5.41, 5.74) is -1.58. The van der Waals surface area contributed by atoms with Gasteiger partial charge in [0.1, 0.15) is 5.69 Å². The van der Waals surface area contributed by atoms with Gasteiger partial charge in [0, 0.05) is 6.07 Å². The highest BCUT2D eigenvalue weighted by Gasteiger charge is 2.39. The third-order valence-corrected chi connectivity index (χ3v) is 2.45. The van der Waals surface area contributed by atoms with E-state index in [1.807, 2.05) is 0 Å². The van der Waals surface area contributed by atoms with Crippen LogP contribution in [0.3, 0.4) is 0 Å². The van der Waals surface area contributed by atoms with Crippen LogP contribution in [-0.2, 0) is 9.53 Å². The second kappa shape index (κ2) is 5.77. The fourth-order valence-electron chi connectivity index (χ4n) is 1.47. The highest BCUT2D eigenvalue weighted by atomic mass is 19.4. The van der Waals surface area contributed by atoms with Crippen LogP contribution in [0.1, 0.15) is 15.9 Å². The van der Waals surface area contributed by atoms with Crippen LogP contribution in [0, 0.1) is 17.0 Å². The van der Waals surface area contributed by atoms with Gasteiger partial charge in [0.2, 0.25) is 0 Å². The van der Waals surface area contributed by atoms with E-state index in [9.17, 15) is 32.9 Å². The van der Waals surface area contributed by atoms with E-state index in [2.05, 4.69) is 4.74 Å². The summed E-state index contributed by atoms with van der Waals surface area (Å²) in [6.45, 7) is 1.34. The molecule has 0 spiro atoms. The summed E-state index contributed by atoms with van der Waals surface area (Å²) in [5.74, 6) is -3.28. The molecule has 0 atom stereocenters. The Labute approximate surface area is 115 Å². The van der Waals surface area contributed by atoms with Crippen molar-refractivity contribution < 1.29 is 32.4 Å². The molecule has 0 heterocycles. The molecule has 1 N–H and O–H groups in total. The molecule has 0 aliphatic carbocycles. The number of esters is 1. The van der Waals surface area contributed by atoms with Crippen molar-refractivity contribution in [2.75, 3.05) is 12.4 Å². The number of alkyl halides is 3. The first-order chi connectivity index (χ1) is 9.57. The maximum Gasteiger partial charge on any atom is 0.471 e. The number of nitro groups is 1. The van der Waals surface area contributed by atoms with Gasteiger partial charge in [0.15, 0.2) is 0 Å². The number of anilines is 1. The van der Waals surface area contributed by atoms with Gasteiger partial charge < -0.3 is 10.1 Å². The molecule has 0 aromatic heterocycles. The molecule has 0 bridgehead atoms.